The molecule has 0 unspecified atom stereocenters. The van der Waals surface area contributed by atoms with E-state index < -0.39 is 0 Å². The van der Waals surface area contributed by atoms with E-state index >= 15 is 0 Å². The molecular weight excluding hydrogens is 331 g/mol. The summed E-state index contributed by atoms with van der Waals surface area (Å²) in [5.41, 5.74) is 5.75. The first-order valence-electron chi connectivity index (χ1n) is 1.64. The van der Waals surface area contributed by atoms with Gasteiger partial charge in [0.25, 0.3) is 0 Å². The van der Waals surface area contributed by atoms with Gasteiger partial charge in [0, 0.05) is 0 Å². The zero-order chi connectivity index (χ0) is 12.8. The third kappa shape index (κ3) is 279. The van der Waals surface area contributed by atoms with Crippen LogP contribution in [-0.2, 0) is 19.5 Å². The van der Waals surface area contributed by atoms with Crippen molar-refractivity contribution in [2.45, 2.75) is 0 Å². The molecular formula is H2N5O10Ru-4. The van der Waals surface area contributed by atoms with Crippen molar-refractivity contribution in [3.05, 3.63) is 51.0 Å². The average Bonchev–Trinajstić information content (AvgIpc) is 2.12. The Labute approximate surface area is 98.0 Å². The third-order valence-corrected chi connectivity index (χ3v) is 0. The van der Waals surface area contributed by atoms with Crippen LogP contribution < -0.4 is 0 Å². The normalized spacial score (nSPS) is 3.25. The summed E-state index contributed by atoms with van der Waals surface area (Å²) in [6.45, 7) is 0. The van der Waals surface area contributed by atoms with E-state index in [-0.39, 0.29) is 25.0 Å². The monoisotopic (exact) mass is 334 g/mol. The number of rotatable bonds is 0. The van der Waals surface area contributed by atoms with Gasteiger partial charge in [0.05, 0.1) is 0 Å². The summed E-state index contributed by atoms with van der Waals surface area (Å²) in [6.07, 6.45) is 0. The first-order chi connectivity index (χ1) is 6.66. The van der Waals surface area contributed by atoms with Gasteiger partial charge >= 0.3 is 19.5 Å². The van der Waals surface area contributed by atoms with Crippen LogP contribution in [0.25, 0.3) is 5.59 Å². The van der Waals surface area contributed by atoms with Gasteiger partial charge in [-0.2, -0.15) is 0 Å². The number of hydrogen-bond acceptors (Lipinski definition) is 13. The third-order valence-electron chi connectivity index (χ3n) is 0. The van der Waals surface area contributed by atoms with Crippen LogP contribution in [-0.4, -0.2) is 5.48 Å². The maximum absolute atomic E-state index is 8.00. The van der Waals surface area contributed by atoms with Gasteiger partial charge in [0.2, 0.25) is 0 Å². The fraction of sp³-hybridized carbons (Fsp3) is 0. The average molecular weight is 333 g/mol. The molecule has 0 heterocycles. The van der Waals surface area contributed by atoms with E-state index in [1.807, 2.05) is 0 Å². The van der Waals surface area contributed by atoms with Crippen molar-refractivity contribution in [2.24, 2.45) is 21.4 Å². The predicted octanol–water partition coefficient (Wildman–Crippen LogP) is 0.497. The molecule has 0 bridgehead atoms. The Morgan fingerprint density at radius 3 is 0.625 bits per heavy atom. The van der Waals surface area contributed by atoms with Crippen LogP contribution in [0.15, 0.2) is 21.4 Å². The minimum Gasteiger partial charge on any atom is -0.577 e. The second-order valence-corrected chi connectivity index (χ2v) is 0.298. The molecule has 0 aromatic rings. The largest absolute Gasteiger partial charge is 1.00 e. The summed E-state index contributed by atoms with van der Waals surface area (Å²) in [4.78, 5) is 39.2. The molecule has 0 spiro atoms. The van der Waals surface area contributed by atoms with Crippen LogP contribution >= 0.6 is 0 Å². The molecule has 0 aromatic heterocycles. The first-order valence-corrected chi connectivity index (χ1v) is 1.64. The molecule has 0 rings (SSSR count). The van der Waals surface area contributed by atoms with Crippen molar-refractivity contribution in [3.8, 4) is 0 Å². The van der Waals surface area contributed by atoms with Crippen LogP contribution in [0, 0.1) is 45.4 Å². The quantitative estimate of drug-likeness (QED) is 0.338. The van der Waals surface area contributed by atoms with Crippen molar-refractivity contribution >= 4 is 0 Å². The van der Waals surface area contributed by atoms with Crippen molar-refractivity contribution in [2.75, 3.05) is 0 Å². The molecule has 0 fully saturated rings. The molecule has 0 amide bonds. The fourth-order valence-corrected chi connectivity index (χ4v) is 0. The summed E-state index contributed by atoms with van der Waals surface area (Å²) in [7, 11) is 0. The van der Waals surface area contributed by atoms with Gasteiger partial charge in [0.15, 0.2) is 0 Å². The van der Waals surface area contributed by atoms with E-state index in [0.717, 1.165) is 21.4 Å². The topological polar surface area (TPSA) is 281 Å². The van der Waals surface area contributed by atoms with Crippen LogP contribution in [0.2, 0.25) is 0 Å². The summed E-state index contributed by atoms with van der Waals surface area (Å²) in [5, 5.41) is 36.0. The molecule has 2 N–H and O–H groups in total. The minimum atomic E-state index is 0. The molecule has 16 heteroatoms. The zero-order valence-corrected chi connectivity index (χ0v) is 8.50. The molecule has 0 aliphatic rings. The summed E-state index contributed by atoms with van der Waals surface area (Å²) < 4.78 is 0. The molecule has 0 aliphatic carbocycles. The van der Waals surface area contributed by atoms with Gasteiger partial charge in [-0.1, -0.05) is 0 Å². The smallest absolute Gasteiger partial charge is 0.577 e. The van der Waals surface area contributed by atoms with E-state index in [0.29, 0.717) is 0 Å². The second-order valence-electron chi connectivity index (χ2n) is 0.298. The predicted molar refractivity (Wildman–Crippen MR) is 47.0 cm³/mol. The van der Waals surface area contributed by atoms with Crippen molar-refractivity contribution < 1.29 is 25.0 Å². The summed E-state index contributed by atoms with van der Waals surface area (Å²) in [6, 6.07) is 0. The molecule has 0 saturated carbocycles. The maximum atomic E-state index is 8.00. The van der Waals surface area contributed by atoms with Gasteiger partial charge in [-0.25, -0.2) is 0 Å². The van der Waals surface area contributed by atoms with E-state index in [4.69, 9.17) is 51.0 Å². The van der Waals surface area contributed by atoms with E-state index in [9.17, 15) is 0 Å². The van der Waals surface area contributed by atoms with Crippen molar-refractivity contribution in [3.63, 3.8) is 0 Å². The van der Waals surface area contributed by atoms with Gasteiger partial charge in [0.1, 0.15) is 0 Å². The molecule has 99 valence electrons. The fourth-order valence-electron chi connectivity index (χ4n) is 0. The number of nitroso groups, excluding NO2 is 1. The zero-order valence-electron chi connectivity index (χ0n) is 6.76. The van der Waals surface area contributed by atoms with Crippen molar-refractivity contribution in [1.82, 2.24) is 0 Å². The van der Waals surface area contributed by atoms with Gasteiger partial charge in [-0.05, 0) is 0 Å². The Kier molecular flexibility index (Phi) is 1710. The molecule has 0 aromatic carbocycles. The Balaban J connectivity index is -0.0000000124. The Hall–Kier alpha value is -2.22. The molecule has 0 atom stereocenters. The summed E-state index contributed by atoms with van der Waals surface area (Å²) >= 11 is 0. The Bertz CT molecular complexity index is 83.4. The first kappa shape index (κ1) is 49.0. The summed E-state index contributed by atoms with van der Waals surface area (Å²) in [5.74, 6) is 0. The molecule has 0 saturated heterocycles. The van der Waals surface area contributed by atoms with Gasteiger partial charge < -0.3 is 56.4 Å². The van der Waals surface area contributed by atoms with Crippen LogP contribution in [0.5, 0.6) is 0 Å². The molecule has 1 radical (unpaired) electrons. The number of hydrogen-bond donors (Lipinski definition) is 0. The van der Waals surface area contributed by atoms with Crippen LogP contribution in [0.4, 0.5) is 0 Å². The second kappa shape index (κ2) is 558. The van der Waals surface area contributed by atoms with Crippen LogP contribution in [0.1, 0.15) is 0 Å². The Morgan fingerprint density at radius 1 is 0.625 bits per heavy atom. The van der Waals surface area contributed by atoms with E-state index in [1.165, 1.54) is 0 Å². The van der Waals surface area contributed by atoms with E-state index in [1.54, 1.807) is 0 Å². The standard InChI is InChI=1S/4HNO2.NO.H2O.Ru/c4*2-1-3;1-2;;/h4*(H,2,3);;1H2;/q;;;;-1;;+1/p-4. The molecule has 16 heavy (non-hydrogen) atoms. The van der Waals surface area contributed by atoms with Gasteiger partial charge in [-0.15, -0.1) is 21.4 Å². The SMILES string of the molecule is O.O=N[O-].O=N[O-].O=N[O-].O=N[O-].[N-]=O.[Ru+]. The van der Waals surface area contributed by atoms with Gasteiger partial charge in [-0.3, -0.25) is 0 Å². The van der Waals surface area contributed by atoms with Crippen molar-refractivity contribution in [1.29, 1.82) is 0 Å². The Morgan fingerprint density at radius 2 is 0.625 bits per heavy atom. The maximum Gasteiger partial charge on any atom is 1.00 e. The van der Waals surface area contributed by atoms with Crippen LogP contribution in [0.3, 0.4) is 0 Å². The minimum absolute atomic E-state index is 0. The number of nitrogens with zero attached hydrogens (tertiary/aromatic N) is 5. The molecule has 15 nitrogen and oxygen atoms in total. The van der Waals surface area contributed by atoms with E-state index in [2.05, 4.69) is 0 Å². The molecule has 0 aliphatic heterocycles.